The summed E-state index contributed by atoms with van der Waals surface area (Å²) in [5.41, 5.74) is 12.2. The van der Waals surface area contributed by atoms with E-state index in [1.54, 1.807) is 0 Å². The van der Waals surface area contributed by atoms with Crippen molar-refractivity contribution in [1.82, 2.24) is 5.32 Å². The van der Waals surface area contributed by atoms with Crippen molar-refractivity contribution in [3.8, 4) is 22.3 Å². The molecule has 12 rings (SSSR count). The number of rotatable bonds is 5. The normalized spacial score (nSPS) is 14.5. The Morgan fingerprint density at radius 3 is 1.82 bits per heavy atom. The summed E-state index contributed by atoms with van der Waals surface area (Å²) < 4.78 is 19.3. The van der Waals surface area contributed by atoms with Crippen LogP contribution in [0, 0.1) is 0 Å². The Morgan fingerprint density at radius 2 is 0.982 bits per heavy atom. The number of nitrogens with one attached hydrogen (secondary N) is 1. The van der Waals surface area contributed by atoms with Crippen LogP contribution >= 0.6 is 0 Å². The molecule has 0 saturated carbocycles. The predicted octanol–water partition coefficient (Wildman–Crippen LogP) is 13.2. The zero-order valence-corrected chi connectivity index (χ0v) is 30.4. The first-order valence-corrected chi connectivity index (χ1v) is 19.1. The van der Waals surface area contributed by atoms with Gasteiger partial charge >= 0.3 is 0 Å². The highest BCUT2D eigenvalue weighted by Crippen LogP contribution is 2.42. The number of nitrogens with zero attached hydrogens (tertiary/aromatic N) is 2. The van der Waals surface area contributed by atoms with Gasteiger partial charge in [-0.15, -0.1) is 0 Å². The summed E-state index contributed by atoms with van der Waals surface area (Å²) in [6.45, 7) is 0. The average molecular weight is 734 g/mol. The molecule has 0 bridgehead atoms. The third kappa shape index (κ3) is 5.04. The molecule has 8 aromatic carbocycles. The maximum absolute atomic E-state index is 6.81. The van der Waals surface area contributed by atoms with E-state index in [0.717, 1.165) is 105 Å². The van der Waals surface area contributed by atoms with E-state index >= 15 is 0 Å². The second-order valence-corrected chi connectivity index (χ2v) is 14.5. The molecule has 11 aromatic rings. The van der Waals surface area contributed by atoms with Crippen molar-refractivity contribution in [2.45, 2.75) is 6.17 Å². The van der Waals surface area contributed by atoms with Crippen LogP contribution in [0.15, 0.2) is 199 Å². The van der Waals surface area contributed by atoms with E-state index in [1.807, 2.05) is 72.8 Å². The maximum atomic E-state index is 6.81. The topological polar surface area (TPSA) is 76.2 Å². The molecular formula is C51H31N3O3. The van der Waals surface area contributed by atoms with E-state index < -0.39 is 6.17 Å². The van der Waals surface area contributed by atoms with Crippen molar-refractivity contribution < 1.29 is 13.3 Å². The molecule has 4 heterocycles. The Bertz CT molecular complexity index is 3440. The second-order valence-electron chi connectivity index (χ2n) is 14.5. The van der Waals surface area contributed by atoms with E-state index in [-0.39, 0.29) is 0 Å². The summed E-state index contributed by atoms with van der Waals surface area (Å²) in [6.07, 6.45) is -0.398. The van der Waals surface area contributed by atoms with Crippen molar-refractivity contribution in [2.75, 3.05) is 0 Å². The van der Waals surface area contributed by atoms with Gasteiger partial charge < -0.3 is 18.6 Å². The second kappa shape index (κ2) is 12.4. The number of furan rings is 3. The van der Waals surface area contributed by atoms with Gasteiger partial charge in [-0.25, -0.2) is 9.98 Å². The molecule has 1 atom stereocenters. The summed E-state index contributed by atoms with van der Waals surface area (Å²) in [5.74, 6) is 1.35. The predicted molar refractivity (Wildman–Crippen MR) is 231 cm³/mol. The first-order valence-electron chi connectivity index (χ1n) is 19.1. The molecule has 0 saturated heterocycles. The number of amidine groups is 2. The average Bonchev–Trinajstić information content (AvgIpc) is 3.98. The molecule has 6 nitrogen and oxygen atoms in total. The van der Waals surface area contributed by atoms with Crippen LogP contribution in [-0.4, -0.2) is 11.7 Å². The van der Waals surface area contributed by atoms with E-state index in [9.17, 15) is 0 Å². The Labute approximate surface area is 326 Å². The van der Waals surface area contributed by atoms with E-state index in [0.29, 0.717) is 5.84 Å². The van der Waals surface area contributed by atoms with Crippen molar-refractivity contribution in [3.63, 3.8) is 0 Å². The van der Waals surface area contributed by atoms with Crippen molar-refractivity contribution in [3.05, 3.63) is 193 Å². The van der Waals surface area contributed by atoms with Gasteiger partial charge in [-0.05, 0) is 64.7 Å². The molecular weight excluding hydrogens is 703 g/mol. The van der Waals surface area contributed by atoms with Gasteiger partial charge in [0.05, 0.1) is 0 Å². The molecule has 1 N–H and O–H groups in total. The van der Waals surface area contributed by atoms with E-state index in [2.05, 4.69) is 108 Å². The number of hydrogen-bond donors (Lipinski definition) is 1. The quantitative estimate of drug-likeness (QED) is 0.191. The van der Waals surface area contributed by atoms with Gasteiger partial charge in [0.2, 0.25) is 0 Å². The maximum Gasteiger partial charge on any atom is 0.159 e. The van der Waals surface area contributed by atoms with Gasteiger partial charge in [-0.1, -0.05) is 133 Å². The van der Waals surface area contributed by atoms with Crippen LogP contribution in [0.2, 0.25) is 0 Å². The van der Waals surface area contributed by atoms with Crippen LogP contribution in [0.4, 0.5) is 0 Å². The van der Waals surface area contributed by atoms with Gasteiger partial charge in [0.25, 0.3) is 0 Å². The first kappa shape index (κ1) is 31.6. The van der Waals surface area contributed by atoms with Crippen LogP contribution in [-0.2, 0) is 0 Å². The molecule has 6 heteroatoms. The number of benzene rings is 8. The summed E-state index contributed by atoms with van der Waals surface area (Å²) in [6, 6.07) is 60.4. The lowest BCUT2D eigenvalue weighted by Crippen LogP contribution is -2.33. The molecule has 0 amide bonds. The standard InChI is InChI=1S/C51H31N3O3/c1-2-11-30(12-3-1)31-23-25-32(26-24-31)49-52-50(33-27-28-43-40(29-33)34-13-4-6-19-41(34)55-43)54-51(53-49)39-18-10-22-45-47(39)38-17-8-16-36(48(38)57-45)35-15-9-21-44-46(35)37-14-5-7-20-42(37)56-44/h1-29,49H,(H,52,53,54). The fourth-order valence-electron chi connectivity index (χ4n) is 8.50. The minimum absolute atomic E-state index is 0.398. The monoisotopic (exact) mass is 733 g/mol. The first-order chi connectivity index (χ1) is 28.2. The van der Waals surface area contributed by atoms with Crippen LogP contribution < -0.4 is 5.32 Å². The molecule has 0 aliphatic carbocycles. The number of fused-ring (bicyclic) bond motifs is 9. The fourth-order valence-corrected chi connectivity index (χ4v) is 8.50. The number of hydrogen-bond acceptors (Lipinski definition) is 6. The van der Waals surface area contributed by atoms with Gasteiger partial charge in [0.15, 0.2) is 5.84 Å². The third-order valence-electron chi connectivity index (χ3n) is 11.2. The van der Waals surface area contributed by atoms with E-state index in [4.69, 9.17) is 23.2 Å². The lowest BCUT2D eigenvalue weighted by molar-refractivity contribution is 0.667. The molecule has 0 radical (unpaired) electrons. The minimum Gasteiger partial charge on any atom is -0.456 e. The van der Waals surface area contributed by atoms with Gasteiger partial charge in [-0.2, -0.15) is 0 Å². The van der Waals surface area contributed by atoms with Gasteiger partial charge in [0, 0.05) is 49.0 Å². The van der Waals surface area contributed by atoms with Crippen molar-refractivity contribution >= 4 is 77.5 Å². The molecule has 0 fully saturated rings. The molecule has 1 unspecified atom stereocenters. The number of aliphatic imine (C=N–C) groups is 2. The lowest BCUT2D eigenvalue weighted by atomic mass is 9.96. The largest absolute Gasteiger partial charge is 0.456 e. The van der Waals surface area contributed by atoms with Crippen LogP contribution in [0.3, 0.4) is 0 Å². The molecule has 3 aromatic heterocycles. The summed E-state index contributed by atoms with van der Waals surface area (Å²) in [4.78, 5) is 10.5. The highest BCUT2D eigenvalue weighted by atomic mass is 16.3. The Balaban J connectivity index is 1.03. The highest BCUT2D eigenvalue weighted by Gasteiger charge is 2.25. The highest BCUT2D eigenvalue weighted by molar-refractivity contribution is 6.24. The zero-order valence-electron chi connectivity index (χ0n) is 30.4. The van der Waals surface area contributed by atoms with Crippen LogP contribution in [0.5, 0.6) is 0 Å². The zero-order chi connectivity index (χ0) is 37.5. The van der Waals surface area contributed by atoms with Gasteiger partial charge in [-0.3, -0.25) is 0 Å². The Hall–Kier alpha value is -7.70. The molecule has 1 aliphatic heterocycles. The Kier molecular flexibility index (Phi) is 6.89. The van der Waals surface area contributed by atoms with Gasteiger partial charge in [0.1, 0.15) is 45.5 Å². The molecule has 57 heavy (non-hydrogen) atoms. The Morgan fingerprint density at radius 1 is 0.404 bits per heavy atom. The minimum atomic E-state index is -0.398. The third-order valence-corrected chi connectivity index (χ3v) is 11.2. The molecule has 268 valence electrons. The number of para-hydroxylation sites is 3. The molecule has 1 aliphatic rings. The summed E-state index contributed by atoms with van der Waals surface area (Å²) >= 11 is 0. The lowest BCUT2D eigenvalue weighted by Gasteiger charge is -2.24. The SMILES string of the molecule is c1ccc(-c2ccc(C3N=C(c4ccc5oc6ccccc6c5c4)N=C(c4cccc5oc6c(-c7cccc8oc9ccccc9c78)cccc6c45)N3)cc2)cc1. The smallest absolute Gasteiger partial charge is 0.159 e. The molecule has 0 spiro atoms. The van der Waals surface area contributed by atoms with Crippen LogP contribution in [0.1, 0.15) is 22.9 Å². The summed E-state index contributed by atoms with van der Waals surface area (Å²) in [5, 5.41) is 9.96. The van der Waals surface area contributed by atoms with Crippen molar-refractivity contribution in [2.24, 2.45) is 9.98 Å². The fraction of sp³-hybridized carbons (Fsp3) is 0.0196. The van der Waals surface area contributed by atoms with Crippen molar-refractivity contribution in [1.29, 1.82) is 0 Å². The van der Waals surface area contributed by atoms with Crippen LogP contribution in [0.25, 0.3) is 88.1 Å². The van der Waals surface area contributed by atoms with E-state index in [1.165, 1.54) is 5.56 Å². The summed E-state index contributed by atoms with van der Waals surface area (Å²) in [7, 11) is 0.